The van der Waals surface area contributed by atoms with E-state index in [-0.39, 0.29) is 0 Å². The van der Waals surface area contributed by atoms with Crippen LogP contribution >= 0.6 is 0 Å². The zero-order valence-electron chi connectivity index (χ0n) is 7.42. The van der Waals surface area contributed by atoms with Crippen molar-refractivity contribution in [1.29, 1.82) is 0 Å². The first kappa shape index (κ1) is 6.93. The largest absolute Gasteiger partial charge is 0.371 e. The van der Waals surface area contributed by atoms with E-state index in [2.05, 4.69) is 10.3 Å². The summed E-state index contributed by atoms with van der Waals surface area (Å²) in [5.41, 5.74) is 0. The topological polar surface area (TPSA) is 24.4 Å². The maximum absolute atomic E-state index is 4.44. The Hall–Kier alpha value is -0.530. The Bertz CT molecular complexity index is 212. The molecule has 1 aliphatic heterocycles. The van der Waals surface area contributed by atoms with Crippen molar-refractivity contribution in [2.45, 2.75) is 38.1 Å². The third-order valence-electron chi connectivity index (χ3n) is 3.49. The van der Waals surface area contributed by atoms with E-state index in [1.807, 2.05) is 0 Å². The number of nitrogens with zero attached hydrogens (tertiary/aromatic N) is 1. The monoisotopic (exact) mass is 164 g/mol. The summed E-state index contributed by atoms with van der Waals surface area (Å²) in [5.74, 6) is 3.47. The van der Waals surface area contributed by atoms with E-state index >= 15 is 0 Å². The van der Waals surface area contributed by atoms with Crippen LogP contribution in [0.15, 0.2) is 4.99 Å². The molecule has 1 heterocycles. The van der Waals surface area contributed by atoms with Gasteiger partial charge >= 0.3 is 0 Å². The van der Waals surface area contributed by atoms with Gasteiger partial charge in [0.2, 0.25) is 0 Å². The Morgan fingerprint density at radius 1 is 1.17 bits per heavy atom. The summed E-state index contributed by atoms with van der Waals surface area (Å²) in [7, 11) is 0. The molecule has 2 fully saturated rings. The summed E-state index contributed by atoms with van der Waals surface area (Å²) < 4.78 is 0. The third kappa shape index (κ3) is 1.13. The number of fused-ring (bicyclic) bond motifs is 1. The Morgan fingerprint density at radius 3 is 2.67 bits per heavy atom. The van der Waals surface area contributed by atoms with Crippen LogP contribution in [-0.2, 0) is 0 Å². The van der Waals surface area contributed by atoms with Crippen LogP contribution in [0.2, 0.25) is 0 Å². The average Bonchev–Trinajstić information content (AvgIpc) is 2.55. The lowest BCUT2D eigenvalue weighted by Crippen LogP contribution is -2.32. The molecule has 0 bridgehead atoms. The first-order valence-electron chi connectivity index (χ1n) is 5.21. The van der Waals surface area contributed by atoms with E-state index in [1.54, 1.807) is 0 Å². The van der Waals surface area contributed by atoms with Crippen molar-refractivity contribution in [2.75, 3.05) is 6.54 Å². The first-order valence-corrected chi connectivity index (χ1v) is 5.21. The fourth-order valence-corrected chi connectivity index (χ4v) is 2.73. The van der Waals surface area contributed by atoms with Gasteiger partial charge in [-0.05, 0) is 37.5 Å². The third-order valence-corrected chi connectivity index (χ3v) is 3.49. The molecule has 0 radical (unpaired) electrons. The van der Waals surface area contributed by atoms with Gasteiger partial charge in [-0.1, -0.05) is 0 Å². The Morgan fingerprint density at radius 2 is 2.00 bits per heavy atom. The normalized spacial score (nSPS) is 44.0. The second kappa shape index (κ2) is 2.48. The van der Waals surface area contributed by atoms with Crippen LogP contribution in [0.25, 0.3) is 0 Å². The molecule has 1 N–H and O–H groups in total. The quantitative estimate of drug-likeness (QED) is 0.625. The second-order valence-electron chi connectivity index (χ2n) is 4.50. The van der Waals surface area contributed by atoms with Gasteiger partial charge in [0.25, 0.3) is 0 Å². The van der Waals surface area contributed by atoms with Gasteiger partial charge in [-0.15, -0.1) is 0 Å². The fourth-order valence-electron chi connectivity index (χ4n) is 2.73. The van der Waals surface area contributed by atoms with Crippen LogP contribution in [0.1, 0.15) is 32.1 Å². The van der Waals surface area contributed by atoms with E-state index in [0.29, 0.717) is 0 Å². The number of hydrogen-bond donors (Lipinski definition) is 1. The summed E-state index contributed by atoms with van der Waals surface area (Å²) >= 11 is 0. The molecule has 0 aromatic heterocycles. The molecule has 3 aliphatic rings. The van der Waals surface area contributed by atoms with Gasteiger partial charge in [-0.2, -0.15) is 0 Å². The number of nitrogens with one attached hydrogen (secondary N) is 1. The predicted molar refractivity (Wildman–Crippen MR) is 49.3 cm³/mol. The fraction of sp³-hybridized carbons (Fsp3) is 0.900. The highest BCUT2D eigenvalue weighted by Crippen LogP contribution is 2.51. The molecule has 3 rings (SSSR count). The zero-order valence-corrected chi connectivity index (χ0v) is 7.42. The van der Waals surface area contributed by atoms with E-state index in [1.165, 1.54) is 37.9 Å². The standard InChI is InChI=1S/C10H16N2/c1-2-10(11-3-1)12-9-5-7-4-8(7)6-9/h7-9H,1-6H2,(H,11,12). The number of aliphatic imine (C=N–C) groups is 1. The second-order valence-corrected chi connectivity index (χ2v) is 4.50. The van der Waals surface area contributed by atoms with Gasteiger partial charge in [0.05, 0.1) is 5.84 Å². The summed E-state index contributed by atoms with van der Waals surface area (Å²) in [6.07, 6.45) is 6.83. The van der Waals surface area contributed by atoms with Crippen LogP contribution < -0.4 is 5.32 Å². The van der Waals surface area contributed by atoms with E-state index in [9.17, 15) is 0 Å². The maximum atomic E-state index is 4.44. The lowest BCUT2D eigenvalue weighted by atomic mass is 10.1. The van der Waals surface area contributed by atoms with Crippen LogP contribution in [0, 0.1) is 11.8 Å². The van der Waals surface area contributed by atoms with Gasteiger partial charge in [-0.25, -0.2) is 0 Å². The summed E-state index contributed by atoms with van der Waals surface area (Å²) in [6.45, 7) is 1.06. The molecule has 2 atom stereocenters. The van der Waals surface area contributed by atoms with Crippen molar-refractivity contribution in [3.8, 4) is 0 Å². The lowest BCUT2D eigenvalue weighted by molar-refractivity contribution is 0.558. The number of amidine groups is 1. The lowest BCUT2D eigenvalue weighted by Gasteiger charge is -2.14. The van der Waals surface area contributed by atoms with Crippen LogP contribution in [0.3, 0.4) is 0 Å². The smallest absolute Gasteiger partial charge is 0.0965 e. The van der Waals surface area contributed by atoms with Crippen LogP contribution in [0.4, 0.5) is 0 Å². The minimum Gasteiger partial charge on any atom is -0.371 e. The molecule has 2 aliphatic carbocycles. The first-order chi connectivity index (χ1) is 5.92. The van der Waals surface area contributed by atoms with Gasteiger partial charge < -0.3 is 5.32 Å². The number of rotatable bonds is 1. The Kier molecular flexibility index (Phi) is 1.43. The van der Waals surface area contributed by atoms with Crippen LogP contribution in [-0.4, -0.2) is 18.4 Å². The highest BCUT2D eigenvalue weighted by molar-refractivity contribution is 5.83. The molecule has 12 heavy (non-hydrogen) atoms. The van der Waals surface area contributed by atoms with Gasteiger partial charge in [0.1, 0.15) is 0 Å². The summed E-state index contributed by atoms with van der Waals surface area (Å²) in [4.78, 5) is 4.44. The molecule has 0 aromatic rings. The van der Waals surface area contributed by atoms with Gasteiger partial charge in [0.15, 0.2) is 0 Å². The molecular weight excluding hydrogens is 148 g/mol. The Labute approximate surface area is 73.5 Å². The van der Waals surface area contributed by atoms with Gasteiger partial charge in [0, 0.05) is 19.0 Å². The molecule has 0 spiro atoms. The molecule has 2 saturated carbocycles. The van der Waals surface area contributed by atoms with Crippen molar-refractivity contribution in [1.82, 2.24) is 5.32 Å². The predicted octanol–water partition coefficient (Wildman–Crippen LogP) is 1.57. The molecule has 66 valence electrons. The Balaban J connectivity index is 1.55. The van der Waals surface area contributed by atoms with E-state index < -0.39 is 0 Å². The molecule has 2 unspecified atom stereocenters. The average molecular weight is 164 g/mol. The molecule has 0 amide bonds. The van der Waals surface area contributed by atoms with Crippen molar-refractivity contribution < 1.29 is 0 Å². The minimum atomic E-state index is 0.783. The van der Waals surface area contributed by atoms with Crippen molar-refractivity contribution in [3.05, 3.63) is 0 Å². The summed E-state index contributed by atoms with van der Waals surface area (Å²) in [5, 5.41) is 3.59. The van der Waals surface area contributed by atoms with Crippen molar-refractivity contribution in [3.63, 3.8) is 0 Å². The zero-order chi connectivity index (χ0) is 7.97. The molecule has 2 heteroatoms. The van der Waals surface area contributed by atoms with E-state index in [0.717, 1.165) is 24.4 Å². The SMILES string of the molecule is C1CN=C(NC2CC3CC3C2)C1. The highest BCUT2D eigenvalue weighted by atomic mass is 15.0. The molecule has 2 nitrogen and oxygen atoms in total. The molecule has 0 saturated heterocycles. The molecule has 0 aromatic carbocycles. The van der Waals surface area contributed by atoms with Crippen LogP contribution in [0.5, 0.6) is 0 Å². The minimum absolute atomic E-state index is 0.783. The van der Waals surface area contributed by atoms with Crippen molar-refractivity contribution in [2.24, 2.45) is 16.8 Å². The molecular formula is C10H16N2. The van der Waals surface area contributed by atoms with Crippen molar-refractivity contribution >= 4 is 5.84 Å². The number of hydrogen-bond acceptors (Lipinski definition) is 2. The highest BCUT2D eigenvalue weighted by Gasteiger charge is 2.45. The maximum Gasteiger partial charge on any atom is 0.0965 e. The summed E-state index contributed by atoms with van der Waals surface area (Å²) in [6, 6.07) is 0.783. The van der Waals surface area contributed by atoms with E-state index in [4.69, 9.17) is 0 Å². The van der Waals surface area contributed by atoms with Gasteiger partial charge in [-0.3, -0.25) is 4.99 Å².